The van der Waals surface area contributed by atoms with Crippen LogP contribution in [0.4, 0.5) is 0 Å². The van der Waals surface area contributed by atoms with Crippen molar-refractivity contribution in [1.29, 1.82) is 0 Å². The number of aromatic nitrogens is 2. The Kier molecular flexibility index (Phi) is 5.28. The van der Waals surface area contributed by atoms with Crippen LogP contribution in [0, 0.1) is 5.92 Å². The summed E-state index contributed by atoms with van der Waals surface area (Å²) in [5.41, 5.74) is 1.65. The molecule has 1 aliphatic carbocycles. The Morgan fingerprint density at radius 3 is 2.70 bits per heavy atom. The van der Waals surface area contributed by atoms with E-state index in [1.165, 1.54) is 11.8 Å². The van der Waals surface area contributed by atoms with Crippen LogP contribution >= 0.6 is 0 Å². The first-order chi connectivity index (χ1) is 13.3. The smallest absolute Gasteiger partial charge is 0.331 e. The summed E-state index contributed by atoms with van der Waals surface area (Å²) >= 11 is 0. The van der Waals surface area contributed by atoms with Gasteiger partial charge in [0.05, 0.1) is 18.8 Å². The molecule has 4 rings (SSSR count). The largest absolute Gasteiger partial charge is 0.338 e. The Labute approximate surface area is 158 Å². The number of nitrogens with zero attached hydrogens (tertiary/aromatic N) is 3. The van der Waals surface area contributed by atoms with Crippen LogP contribution in [-0.4, -0.2) is 21.2 Å². The van der Waals surface area contributed by atoms with Gasteiger partial charge in [-0.3, -0.25) is 0 Å². The molecule has 1 aromatic heterocycles. The Morgan fingerprint density at radius 2 is 1.93 bits per heavy atom. The van der Waals surface area contributed by atoms with Gasteiger partial charge < -0.3 is 9.40 Å². The van der Waals surface area contributed by atoms with Crippen molar-refractivity contribution in [3.8, 4) is 0 Å². The molecule has 1 fully saturated rings. The molecule has 0 saturated heterocycles. The summed E-state index contributed by atoms with van der Waals surface area (Å²) in [6.45, 7) is 0.496. The van der Waals surface area contributed by atoms with Crippen molar-refractivity contribution in [3.05, 3.63) is 66.7 Å². The number of rotatable bonds is 5. The molecule has 0 bridgehead atoms. The molecule has 138 valence electrons. The van der Waals surface area contributed by atoms with Gasteiger partial charge in [0.2, 0.25) is 0 Å². The molecule has 5 heteroatoms. The molecule has 1 heterocycles. The highest BCUT2D eigenvalue weighted by atomic mass is 16.7. The lowest BCUT2D eigenvalue weighted by Gasteiger charge is -2.18. The second kappa shape index (κ2) is 8.16. The van der Waals surface area contributed by atoms with Crippen LogP contribution in [-0.2, 0) is 16.2 Å². The highest BCUT2D eigenvalue weighted by Gasteiger charge is 2.23. The maximum absolute atomic E-state index is 12.4. The second-order valence-electron chi connectivity index (χ2n) is 7.08. The predicted molar refractivity (Wildman–Crippen MR) is 105 cm³/mol. The van der Waals surface area contributed by atoms with E-state index >= 15 is 0 Å². The first-order valence-corrected chi connectivity index (χ1v) is 9.52. The third-order valence-corrected chi connectivity index (χ3v) is 5.16. The summed E-state index contributed by atoms with van der Waals surface area (Å²) < 4.78 is 1.92. The fourth-order valence-corrected chi connectivity index (χ4v) is 3.61. The minimum Gasteiger partial charge on any atom is -0.331 e. The Hall–Kier alpha value is -2.95. The highest BCUT2D eigenvalue weighted by Crippen LogP contribution is 2.25. The van der Waals surface area contributed by atoms with Crippen molar-refractivity contribution >= 4 is 22.5 Å². The minimum atomic E-state index is -0.210. The standard InChI is InChI=1S/C22H23N3O2/c26-22(18-7-2-1-3-8-18)27-24-21(15-25-13-12-23-16-25)20-11-10-17-6-4-5-9-19(17)14-20/h4-6,9-14,16,18H,1-3,7-8,15H2. The van der Waals surface area contributed by atoms with Crippen molar-refractivity contribution < 1.29 is 9.63 Å². The van der Waals surface area contributed by atoms with E-state index in [-0.39, 0.29) is 11.9 Å². The molecule has 3 aromatic rings. The van der Waals surface area contributed by atoms with Gasteiger partial charge in [-0.1, -0.05) is 60.8 Å². The quantitative estimate of drug-likeness (QED) is 0.380. The third-order valence-electron chi connectivity index (χ3n) is 5.16. The summed E-state index contributed by atoms with van der Waals surface area (Å²) in [5, 5.41) is 6.57. The third kappa shape index (κ3) is 4.25. The van der Waals surface area contributed by atoms with E-state index in [1.54, 1.807) is 12.5 Å². The van der Waals surface area contributed by atoms with Crippen LogP contribution in [0.5, 0.6) is 0 Å². The van der Waals surface area contributed by atoms with E-state index in [9.17, 15) is 4.79 Å². The maximum Gasteiger partial charge on any atom is 0.338 e. The molecular formula is C22H23N3O2. The number of benzene rings is 2. The molecule has 0 spiro atoms. The molecule has 2 aromatic carbocycles. The van der Waals surface area contributed by atoms with Crippen molar-refractivity contribution in [2.45, 2.75) is 38.6 Å². The van der Waals surface area contributed by atoms with E-state index in [1.807, 2.05) is 29.0 Å². The number of hydrogen-bond donors (Lipinski definition) is 0. The molecule has 0 N–H and O–H groups in total. The summed E-state index contributed by atoms with van der Waals surface area (Å²) in [4.78, 5) is 21.9. The average molecular weight is 361 g/mol. The summed E-state index contributed by atoms with van der Waals surface area (Å²) in [5.74, 6) is -0.229. The van der Waals surface area contributed by atoms with Crippen LogP contribution in [0.25, 0.3) is 10.8 Å². The number of oxime groups is 1. The lowest BCUT2D eigenvalue weighted by Crippen LogP contribution is -2.20. The van der Waals surface area contributed by atoms with Gasteiger partial charge >= 0.3 is 5.97 Å². The zero-order chi connectivity index (χ0) is 18.5. The summed E-state index contributed by atoms with van der Waals surface area (Å²) in [6.07, 6.45) is 10.5. The monoisotopic (exact) mass is 361 g/mol. The molecule has 27 heavy (non-hydrogen) atoms. The summed E-state index contributed by atoms with van der Waals surface area (Å²) in [7, 11) is 0. The maximum atomic E-state index is 12.4. The van der Waals surface area contributed by atoms with Crippen LogP contribution in [0.15, 0.2) is 66.3 Å². The molecular weight excluding hydrogens is 338 g/mol. The van der Waals surface area contributed by atoms with Crippen molar-refractivity contribution in [2.24, 2.45) is 11.1 Å². The lowest BCUT2D eigenvalue weighted by molar-refractivity contribution is -0.149. The second-order valence-corrected chi connectivity index (χ2v) is 7.08. The van der Waals surface area contributed by atoms with Gasteiger partial charge in [0, 0.05) is 18.0 Å². The molecule has 0 radical (unpaired) electrons. The lowest BCUT2D eigenvalue weighted by atomic mass is 9.89. The van der Waals surface area contributed by atoms with Gasteiger partial charge in [-0.05, 0) is 29.7 Å². The van der Waals surface area contributed by atoms with Gasteiger partial charge in [-0.2, -0.15) is 0 Å². The van der Waals surface area contributed by atoms with E-state index < -0.39 is 0 Å². The van der Waals surface area contributed by atoms with Crippen LogP contribution < -0.4 is 0 Å². The molecule has 5 nitrogen and oxygen atoms in total. The minimum absolute atomic E-state index is 0.0198. The van der Waals surface area contributed by atoms with Crippen LogP contribution in [0.3, 0.4) is 0 Å². The summed E-state index contributed by atoms with van der Waals surface area (Å²) in [6, 6.07) is 14.4. The average Bonchev–Trinajstić information content (AvgIpc) is 3.24. The van der Waals surface area contributed by atoms with Gasteiger partial charge in [0.15, 0.2) is 0 Å². The van der Waals surface area contributed by atoms with Crippen molar-refractivity contribution in [1.82, 2.24) is 9.55 Å². The molecule has 0 amide bonds. The first-order valence-electron chi connectivity index (χ1n) is 9.52. The number of carbonyl (C=O) groups is 1. The van der Waals surface area contributed by atoms with Gasteiger partial charge in [-0.15, -0.1) is 0 Å². The van der Waals surface area contributed by atoms with Crippen molar-refractivity contribution in [2.75, 3.05) is 0 Å². The molecule has 0 unspecified atom stereocenters. The SMILES string of the molecule is O=C(ON=C(Cn1ccnc1)c1ccc2ccccc2c1)C1CCCCC1. The predicted octanol–water partition coefficient (Wildman–Crippen LogP) is 4.56. The van der Waals surface area contributed by atoms with E-state index in [0.717, 1.165) is 36.6 Å². The number of imidazole rings is 1. The van der Waals surface area contributed by atoms with Crippen molar-refractivity contribution in [3.63, 3.8) is 0 Å². The molecule has 0 aliphatic heterocycles. The van der Waals surface area contributed by atoms with E-state index in [0.29, 0.717) is 12.3 Å². The zero-order valence-corrected chi connectivity index (χ0v) is 15.3. The molecule has 1 aliphatic rings. The normalized spacial score (nSPS) is 15.8. The number of fused-ring (bicyclic) bond motifs is 1. The molecule has 0 atom stereocenters. The van der Waals surface area contributed by atoms with Gasteiger partial charge in [0.25, 0.3) is 0 Å². The Balaban J connectivity index is 1.60. The van der Waals surface area contributed by atoms with Crippen LogP contribution in [0.1, 0.15) is 37.7 Å². The number of hydrogen-bond acceptors (Lipinski definition) is 4. The topological polar surface area (TPSA) is 56.5 Å². The van der Waals surface area contributed by atoms with Crippen LogP contribution in [0.2, 0.25) is 0 Å². The zero-order valence-electron chi connectivity index (χ0n) is 15.3. The Bertz CT molecular complexity index is 941. The Morgan fingerprint density at radius 1 is 1.11 bits per heavy atom. The molecule has 1 saturated carbocycles. The highest BCUT2D eigenvalue weighted by molar-refractivity contribution is 6.03. The van der Waals surface area contributed by atoms with E-state index in [2.05, 4.69) is 34.4 Å². The van der Waals surface area contributed by atoms with Gasteiger partial charge in [-0.25, -0.2) is 9.78 Å². The number of carbonyl (C=O) groups excluding carboxylic acids is 1. The first kappa shape index (κ1) is 17.5. The fourth-order valence-electron chi connectivity index (χ4n) is 3.61. The van der Waals surface area contributed by atoms with Gasteiger partial charge in [0.1, 0.15) is 5.71 Å². The fraction of sp³-hybridized carbons (Fsp3) is 0.318. The van der Waals surface area contributed by atoms with E-state index in [4.69, 9.17) is 4.84 Å².